The molecular formula is C18H27NO4. The quantitative estimate of drug-likeness (QED) is 0.614. The van der Waals surface area contributed by atoms with E-state index in [1.54, 1.807) is 12.1 Å². The van der Waals surface area contributed by atoms with Crippen molar-refractivity contribution in [1.29, 1.82) is 0 Å². The second-order valence-corrected chi connectivity index (χ2v) is 5.79. The maximum absolute atomic E-state index is 11.8. The minimum absolute atomic E-state index is 0.00735. The van der Waals surface area contributed by atoms with Crippen LogP contribution in [-0.4, -0.2) is 29.6 Å². The van der Waals surface area contributed by atoms with Crippen LogP contribution in [0.4, 0.5) is 0 Å². The first kappa shape index (κ1) is 19.0. The fourth-order valence-electron chi connectivity index (χ4n) is 2.24. The highest BCUT2D eigenvalue weighted by Crippen LogP contribution is 2.13. The largest absolute Gasteiger partial charge is 0.484 e. The number of carbonyl (C=O) groups is 2. The van der Waals surface area contributed by atoms with Gasteiger partial charge in [-0.15, -0.1) is 0 Å². The van der Waals surface area contributed by atoms with Crippen LogP contribution in [0.2, 0.25) is 0 Å². The Morgan fingerprint density at radius 3 is 2.52 bits per heavy atom. The molecule has 23 heavy (non-hydrogen) atoms. The molecule has 0 fully saturated rings. The number of rotatable bonds is 11. The van der Waals surface area contributed by atoms with E-state index in [0.717, 1.165) is 18.4 Å². The lowest BCUT2D eigenvalue weighted by atomic mass is 10.1. The Balaban J connectivity index is 2.28. The molecule has 128 valence electrons. The molecule has 0 heterocycles. The zero-order valence-electron chi connectivity index (χ0n) is 14.0. The SMILES string of the molecule is CCCCCC(C)NC(=O)COc1ccc(CCC(=O)O)cc1. The summed E-state index contributed by atoms with van der Waals surface area (Å²) in [6.07, 6.45) is 5.07. The van der Waals surface area contributed by atoms with Gasteiger partial charge < -0.3 is 15.2 Å². The van der Waals surface area contributed by atoms with Gasteiger partial charge in [-0.1, -0.05) is 38.3 Å². The monoisotopic (exact) mass is 321 g/mol. The molecule has 1 amide bonds. The van der Waals surface area contributed by atoms with Gasteiger partial charge in [-0.2, -0.15) is 0 Å². The Labute approximate surface area is 138 Å². The number of aryl methyl sites for hydroxylation is 1. The van der Waals surface area contributed by atoms with E-state index in [0.29, 0.717) is 12.2 Å². The maximum atomic E-state index is 11.8. The first-order valence-corrected chi connectivity index (χ1v) is 8.24. The molecule has 5 heteroatoms. The van der Waals surface area contributed by atoms with Crippen molar-refractivity contribution in [2.45, 2.75) is 58.4 Å². The molecule has 2 N–H and O–H groups in total. The number of nitrogens with one attached hydrogen (secondary N) is 1. The van der Waals surface area contributed by atoms with Crippen LogP contribution in [0, 0.1) is 0 Å². The highest BCUT2D eigenvalue weighted by molar-refractivity contribution is 5.77. The van der Waals surface area contributed by atoms with E-state index in [4.69, 9.17) is 9.84 Å². The Morgan fingerprint density at radius 2 is 1.91 bits per heavy atom. The summed E-state index contributed by atoms with van der Waals surface area (Å²) in [6.45, 7) is 4.15. The molecule has 0 radical (unpaired) electrons. The van der Waals surface area contributed by atoms with Crippen LogP contribution >= 0.6 is 0 Å². The van der Waals surface area contributed by atoms with E-state index in [1.807, 2.05) is 19.1 Å². The van der Waals surface area contributed by atoms with Crippen molar-refractivity contribution in [1.82, 2.24) is 5.32 Å². The number of ether oxygens (including phenoxy) is 1. The van der Waals surface area contributed by atoms with Crippen molar-refractivity contribution in [2.24, 2.45) is 0 Å². The molecule has 1 atom stereocenters. The van der Waals surface area contributed by atoms with Gasteiger partial charge in [0.2, 0.25) is 0 Å². The smallest absolute Gasteiger partial charge is 0.303 e. The van der Waals surface area contributed by atoms with Gasteiger partial charge in [0.1, 0.15) is 5.75 Å². The van der Waals surface area contributed by atoms with Crippen LogP contribution in [0.15, 0.2) is 24.3 Å². The van der Waals surface area contributed by atoms with Gasteiger partial charge >= 0.3 is 5.97 Å². The molecule has 0 aliphatic rings. The summed E-state index contributed by atoms with van der Waals surface area (Å²) >= 11 is 0. The van der Waals surface area contributed by atoms with Crippen molar-refractivity contribution < 1.29 is 19.4 Å². The lowest BCUT2D eigenvalue weighted by Crippen LogP contribution is -2.36. The Kier molecular flexibility index (Phi) is 8.80. The molecule has 0 aliphatic carbocycles. The fourth-order valence-corrected chi connectivity index (χ4v) is 2.24. The molecule has 0 bridgehead atoms. The third kappa shape index (κ3) is 8.86. The summed E-state index contributed by atoms with van der Waals surface area (Å²) in [5.74, 6) is -0.322. The Bertz CT molecular complexity index is 484. The topological polar surface area (TPSA) is 75.6 Å². The summed E-state index contributed by atoms with van der Waals surface area (Å²) < 4.78 is 5.45. The lowest BCUT2D eigenvalue weighted by molar-refractivity contribution is -0.137. The molecule has 0 aromatic heterocycles. The van der Waals surface area contributed by atoms with Crippen LogP contribution in [0.25, 0.3) is 0 Å². The van der Waals surface area contributed by atoms with Gasteiger partial charge in [0.05, 0.1) is 0 Å². The van der Waals surface area contributed by atoms with E-state index in [1.165, 1.54) is 12.8 Å². The van der Waals surface area contributed by atoms with E-state index in [-0.39, 0.29) is 25.0 Å². The van der Waals surface area contributed by atoms with Crippen molar-refractivity contribution in [2.75, 3.05) is 6.61 Å². The van der Waals surface area contributed by atoms with Crippen molar-refractivity contribution in [3.8, 4) is 5.75 Å². The predicted octanol–water partition coefficient (Wildman–Crippen LogP) is 3.17. The molecule has 1 rings (SSSR count). The standard InChI is InChI=1S/C18H27NO4/c1-3-4-5-6-14(2)19-17(20)13-23-16-10-7-15(8-11-16)9-12-18(21)22/h7-8,10-11,14H,3-6,9,12-13H2,1-2H3,(H,19,20)(H,21,22). The molecule has 5 nitrogen and oxygen atoms in total. The average Bonchev–Trinajstić information content (AvgIpc) is 2.52. The Morgan fingerprint density at radius 1 is 1.22 bits per heavy atom. The highest BCUT2D eigenvalue weighted by Gasteiger charge is 2.08. The van der Waals surface area contributed by atoms with Crippen LogP contribution in [0.3, 0.4) is 0 Å². The van der Waals surface area contributed by atoms with Crippen molar-refractivity contribution in [3.63, 3.8) is 0 Å². The summed E-state index contributed by atoms with van der Waals surface area (Å²) in [6, 6.07) is 7.33. The van der Waals surface area contributed by atoms with E-state index >= 15 is 0 Å². The summed E-state index contributed by atoms with van der Waals surface area (Å²) in [4.78, 5) is 22.3. The first-order chi connectivity index (χ1) is 11.0. The lowest BCUT2D eigenvalue weighted by Gasteiger charge is -2.14. The first-order valence-electron chi connectivity index (χ1n) is 8.24. The van der Waals surface area contributed by atoms with Crippen molar-refractivity contribution >= 4 is 11.9 Å². The second-order valence-electron chi connectivity index (χ2n) is 5.79. The minimum Gasteiger partial charge on any atom is -0.484 e. The predicted molar refractivity (Wildman–Crippen MR) is 89.6 cm³/mol. The van der Waals surface area contributed by atoms with Crippen LogP contribution < -0.4 is 10.1 Å². The fraction of sp³-hybridized carbons (Fsp3) is 0.556. The molecule has 0 saturated carbocycles. The number of benzene rings is 1. The van der Waals surface area contributed by atoms with E-state index in [2.05, 4.69) is 12.2 Å². The van der Waals surface area contributed by atoms with Gasteiger partial charge in [0.15, 0.2) is 6.61 Å². The van der Waals surface area contributed by atoms with Gasteiger partial charge in [-0.3, -0.25) is 9.59 Å². The molecule has 0 saturated heterocycles. The number of hydrogen-bond acceptors (Lipinski definition) is 3. The molecule has 0 aliphatic heterocycles. The van der Waals surface area contributed by atoms with Crippen LogP contribution in [0.5, 0.6) is 5.75 Å². The summed E-state index contributed by atoms with van der Waals surface area (Å²) in [7, 11) is 0. The summed E-state index contributed by atoms with van der Waals surface area (Å²) in [5.41, 5.74) is 0.939. The number of carboxylic acid groups (broad SMARTS) is 1. The van der Waals surface area contributed by atoms with Gasteiger partial charge in [0.25, 0.3) is 5.91 Å². The van der Waals surface area contributed by atoms with Gasteiger partial charge in [-0.05, 0) is 37.5 Å². The number of amides is 1. The normalized spacial score (nSPS) is 11.7. The second kappa shape index (κ2) is 10.6. The molecule has 0 spiro atoms. The molecule has 1 aromatic carbocycles. The number of hydrogen-bond donors (Lipinski definition) is 2. The molecular weight excluding hydrogens is 294 g/mol. The maximum Gasteiger partial charge on any atom is 0.303 e. The third-order valence-electron chi connectivity index (χ3n) is 3.57. The average molecular weight is 321 g/mol. The van der Waals surface area contributed by atoms with Gasteiger partial charge in [-0.25, -0.2) is 0 Å². The third-order valence-corrected chi connectivity index (χ3v) is 3.57. The van der Waals surface area contributed by atoms with E-state index < -0.39 is 5.97 Å². The minimum atomic E-state index is -0.810. The highest BCUT2D eigenvalue weighted by atomic mass is 16.5. The van der Waals surface area contributed by atoms with E-state index in [9.17, 15) is 9.59 Å². The number of carbonyl (C=O) groups excluding carboxylic acids is 1. The molecule has 1 aromatic rings. The van der Waals surface area contributed by atoms with Crippen LogP contribution in [0.1, 0.15) is 51.5 Å². The number of carboxylic acids is 1. The summed E-state index contributed by atoms with van der Waals surface area (Å²) in [5, 5.41) is 11.6. The number of unbranched alkanes of at least 4 members (excludes halogenated alkanes) is 2. The van der Waals surface area contributed by atoms with Crippen molar-refractivity contribution in [3.05, 3.63) is 29.8 Å². The van der Waals surface area contributed by atoms with Gasteiger partial charge in [0, 0.05) is 12.5 Å². The number of aliphatic carboxylic acids is 1. The van der Waals surface area contributed by atoms with Crippen LogP contribution in [-0.2, 0) is 16.0 Å². The zero-order valence-corrected chi connectivity index (χ0v) is 14.0. The zero-order chi connectivity index (χ0) is 17.1. The molecule has 1 unspecified atom stereocenters. The Hall–Kier alpha value is -2.04.